The Kier molecular flexibility index (Phi) is 5.72. The average Bonchev–Trinajstić information content (AvgIpc) is 3.22. The maximum Gasteiger partial charge on any atom is 0.269 e. The van der Waals surface area contributed by atoms with Crippen molar-refractivity contribution < 1.29 is 9.72 Å². The number of nitrogens with zero attached hydrogens (tertiary/aromatic N) is 2. The van der Waals surface area contributed by atoms with Crippen LogP contribution < -0.4 is 11.1 Å². The number of amides is 1. The molecule has 0 saturated heterocycles. The summed E-state index contributed by atoms with van der Waals surface area (Å²) in [6.45, 7) is 1.71. The van der Waals surface area contributed by atoms with E-state index in [9.17, 15) is 14.9 Å². The zero-order valence-corrected chi connectivity index (χ0v) is 19.5. The van der Waals surface area contributed by atoms with Crippen molar-refractivity contribution in [2.24, 2.45) is 0 Å². The maximum atomic E-state index is 13.2. The van der Waals surface area contributed by atoms with Crippen LogP contribution in [0, 0.1) is 17.0 Å². The third-order valence-corrected chi connectivity index (χ3v) is 6.83. The zero-order chi connectivity index (χ0) is 24.5. The first-order valence-electron chi connectivity index (χ1n) is 10.8. The Bertz CT molecular complexity index is 1580. The van der Waals surface area contributed by atoms with Crippen LogP contribution in [0.5, 0.6) is 0 Å². The number of non-ortho nitro benzene ring substituents is 1. The minimum absolute atomic E-state index is 0.0352. The first kappa shape index (κ1) is 22.2. The van der Waals surface area contributed by atoms with Gasteiger partial charge in [0, 0.05) is 28.8 Å². The summed E-state index contributed by atoms with van der Waals surface area (Å²) in [6.07, 6.45) is 0. The van der Waals surface area contributed by atoms with Crippen LogP contribution >= 0.6 is 11.3 Å². The molecule has 0 aliphatic carbocycles. The highest BCUT2D eigenvalue weighted by molar-refractivity contribution is 7.21. The molecule has 0 saturated carbocycles. The highest BCUT2D eigenvalue weighted by atomic mass is 32.1. The SMILES string of the molecule is Cc1cc([N+](=O)[O-])ccc1NC(=O)c1sc2nc(-c3ccccc3)cc(-c3ccccc3)c2c1N. The summed E-state index contributed by atoms with van der Waals surface area (Å²) < 4.78 is 0. The van der Waals surface area contributed by atoms with Gasteiger partial charge in [0.2, 0.25) is 0 Å². The number of nitrogen functional groups attached to an aromatic ring is 1. The molecule has 0 fully saturated rings. The molecule has 0 unspecified atom stereocenters. The Labute approximate surface area is 205 Å². The summed E-state index contributed by atoms with van der Waals surface area (Å²) >= 11 is 1.23. The van der Waals surface area contributed by atoms with Crippen LogP contribution in [-0.4, -0.2) is 15.8 Å². The van der Waals surface area contributed by atoms with E-state index in [2.05, 4.69) is 5.32 Å². The van der Waals surface area contributed by atoms with Gasteiger partial charge in [-0.1, -0.05) is 60.7 Å². The number of aryl methyl sites for hydroxylation is 1. The van der Waals surface area contributed by atoms with Crippen molar-refractivity contribution in [3.05, 3.63) is 105 Å². The second kappa shape index (κ2) is 9.00. The fraction of sp³-hybridized carbons (Fsp3) is 0.0370. The molecule has 8 heteroatoms. The van der Waals surface area contributed by atoms with Gasteiger partial charge in [-0.05, 0) is 35.7 Å². The van der Waals surface area contributed by atoms with Crippen molar-refractivity contribution >= 4 is 44.5 Å². The number of hydrogen-bond acceptors (Lipinski definition) is 6. The Morgan fingerprint density at radius 1 is 0.971 bits per heavy atom. The van der Waals surface area contributed by atoms with Crippen LogP contribution in [-0.2, 0) is 0 Å². The third kappa shape index (κ3) is 4.22. The number of pyridine rings is 1. The van der Waals surface area contributed by atoms with Gasteiger partial charge in [-0.25, -0.2) is 4.98 Å². The number of nitro benzene ring substituents is 1. The Morgan fingerprint density at radius 2 is 1.63 bits per heavy atom. The number of anilines is 2. The van der Waals surface area contributed by atoms with Crippen LogP contribution in [0.15, 0.2) is 84.9 Å². The summed E-state index contributed by atoms with van der Waals surface area (Å²) in [5, 5.41) is 14.6. The van der Waals surface area contributed by atoms with Crippen molar-refractivity contribution in [2.45, 2.75) is 6.92 Å². The number of fused-ring (bicyclic) bond motifs is 1. The molecule has 5 aromatic rings. The molecular weight excluding hydrogens is 460 g/mol. The van der Waals surface area contributed by atoms with E-state index in [0.717, 1.165) is 27.8 Å². The molecule has 0 atom stereocenters. The molecule has 0 aliphatic heterocycles. The molecule has 7 nitrogen and oxygen atoms in total. The van der Waals surface area contributed by atoms with Crippen molar-refractivity contribution in [2.75, 3.05) is 11.1 Å². The van der Waals surface area contributed by atoms with Crippen molar-refractivity contribution in [3.8, 4) is 22.4 Å². The molecule has 2 aromatic heterocycles. The van der Waals surface area contributed by atoms with Crippen LogP contribution in [0.3, 0.4) is 0 Å². The topological polar surface area (TPSA) is 111 Å². The molecule has 0 bridgehead atoms. The first-order valence-corrected chi connectivity index (χ1v) is 11.6. The molecular formula is C27H20N4O3S. The number of benzene rings is 3. The molecule has 1 amide bonds. The van der Waals surface area contributed by atoms with Gasteiger partial charge in [0.25, 0.3) is 11.6 Å². The van der Waals surface area contributed by atoms with E-state index in [1.165, 1.54) is 29.5 Å². The minimum atomic E-state index is -0.469. The van der Waals surface area contributed by atoms with E-state index in [1.807, 2.05) is 66.7 Å². The smallest absolute Gasteiger partial charge is 0.269 e. The van der Waals surface area contributed by atoms with Crippen LogP contribution in [0.2, 0.25) is 0 Å². The van der Waals surface area contributed by atoms with Gasteiger partial charge in [0.15, 0.2) is 0 Å². The lowest BCUT2D eigenvalue weighted by molar-refractivity contribution is -0.384. The van der Waals surface area contributed by atoms with Crippen molar-refractivity contribution in [3.63, 3.8) is 0 Å². The normalized spacial score (nSPS) is 10.9. The minimum Gasteiger partial charge on any atom is -0.397 e. The largest absolute Gasteiger partial charge is 0.397 e. The monoisotopic (exact) mass is 480 g/mol. The molecule has 0 aliphatic rings. The fourth-order valence-electron chi connectivity index (χ4n) is 3.97. The van der Waals surface area contributed by atoms with E-state index in [4.69, 9.17) is 10.7 Å². The molecule has 172 valence electrons. The quantitative estimate of drug-likeness (QED) is 0.215. The number of thiophene rings is 1. The summed E-state index contributed by atoms with van der Waals surface area (Å²) in [4.78, 5) is 29.6. The number of nitrogens with one attached hydrogen (secondary N) is 1. The van der Waals surface area contributed by atoms with Gasteiger partial charge in [-0.3, -0.25) is 14.9 Å². The highest BCUT2D eigenvalue weighted by Crippen LogP contribution is 2.41. The number of aromatic nitrogens is 1. The molecule has 2 heterocycles. The number of nitrogens with two attached hydrogens (primary N) is 1. The van der Waals surface area contributed by atoms with Gasteiger partial charge in [-0.15, -0.1) is 11.3 Å². The van der Waals surface area contributed by atoms with Gasteiger partial charge in [0.1, 0.15) is 9.71 Å². The molecule has 0 spiro atoms. The van der Waals surface area contributed by atoms with Crippen molar-refractivity contribution in [1.82, 2.24) is 4.98 Å². The van der Waals surface area contributed by atoms with E-state index in [1.54, 1.807) is 6.92 Å². The maximum absolute atomic E-state index is 13.2. The van der Waals surface area contributed by atoms with E-state index < -0.39 is 4.92 Å². The van der Waals surface area contributed by atoms with Gasteiger partial charge < -0.3 is 11.1 Å². The lowest BCUT2D eigenvalue weighted by Crippen LogP contribution is -2.13. The zero-order valence-electron chi connectivity index (χ0n) is 18.7. The Hall–Kier alpha value is -4.56. The lowest BCUT2D eigenvalue weighted by atomic mass is 9.99. The number of carbonyl (C=O) groups excluding carboxylic acids is 1. The van der Waals surface area contributed by atoms with E-state index in [0.29, 0.717) is 26.6 Å². The Balaban J connectivity index is 1.62. The summed E-state index contributed by atoms with van der Waals surface area (Å²) in [5.41, 5.74) is 11.6. The van der Waals surface area contributed by atoms with Gasteiger partial charge >= 0.3 is 0 Å². The molecule has 3 aromatic carbocycles. The number of rotatable bonds is 5. The number of carbonyl (C=O) groups is 1. The molecule has 5 rings (SSSR count). The highest BCUT2D eigenvalue weighted by Gasteiger charge is 2.22. The lowest BCUT2D eigenvalue weighted by Gasteiger charge is -2.09. The second-order valence-electron chi connectivity index (χ2n) is 8.02. The fourth-order valence-corrected chi connectivity index (χ4v) is 4.99. The first-order chi connectivity index (χ1) is 16.9. The van der Waals surface area contributed by atoms with E-state index >= 15 is 0 Å². The molecule has 35 heavy (non-hydrogen) atoms. The summed E-state index contributed by atoms with van der Waals surface area (Å²) in [7, 11) is 0. The average molecular weight is 481 g/mol. The predicted molar refractivity (Wildman–Crippen MR) is 141 cm³/mol. The van der Waals surface area contributed by atoms with Crippen molar-refractivity contribution in [1.29, 1.82) is 0 Å². The molecule has 0 radical (unpaired) electrons. The standard InChI is InChI=1S/C27H20N4O3S/c1-16-14-19(31(33)34)12-13-21(16)29-26(32)25-24(28)23-20(17-8-4-2-5-9-17)15-22(30-27(23)35-25)18-10-6-3-7-11-18/h2-15H,28H2,1H3,(H,29,32). The summed E-state index contributed by atoms with van der Waals surface area (Å²) in [6, 6.07) is 26.0. The van der Waals surface area contributed by atoms with Gasteiger partial charge in [0.05, 0.1) is 16.3 Å². The predicted octanol–water partition coefficient (Wildman–Crippen LogP) is 6.68. The van der Waals surface area contributed by atoms with Crippen LogP contribution in [0.1, 0.15) is 15.2 Å². The third-order valence-electron chi connectivity index (χ3n) is 5.73. The van der Waals surface area contributed by atoms with Crippen LogP contribution in [0.4, 0.5) is 17.1 Å². The van der Waals surface area contributed by atoms with Gasteiger partial charge in [-0.2, -0.15) is 0 Å². The second-order valence-corrected chi connectivity index (χ2v) is 9.02. The van der Waals surface area contributed by atoms with E-state index in [-0.39, 0.29) is 11.6 Å². The number of hydrogen-bond donors (Lipinski definition) is 2. The summed E-state index contributed by atoms with van der Waals surface area (Å²) in [5.74, 6) is -0.386. The Morgan fingerprint density at radius 3 is 2.26 bits per heavy atom. The van der Waals surface area contributed by atoms with Crippen LogP contribution in [0.25, 0.3) is 32.6 Å². The number of nitro groups is 1. The molecule has 3 N–H and O–H groups in total.